The van der Waals surface area contributed by atoms with Crippen LogP contribution in [-0.2, 0) is 16.4 Å². The summed E-state index contributed by atoms with van der Waals surface area (Å²) in [4.78, 5) is 0.238. The summed E-state index contributed by atoms with van der Waals surface area (Å²) in [6, 6.07) is 24.6. The van der Waals surface area contributed by atoms with Crippen molar-refractivity contribution in [1.29, 1.82) is 0 Å². The van der Waals surface area contributed by atoms with Crippen molar-refractivity contribution in [2.24, 2.45) is 21.7 Å². The van der Waals surface area contributed by atoms with Crippen LogP contribution in [0.3, 0.4) is 0 Å². The summed E-state index contributed by atoms with van der Waals surface area (Å²) in [5.41, 5.74) is 16.3. The molecule has 5 rings (SSSR count). The first-order valence-electron chi connectivity index (χ1n) is 12.0. The average molecular weight is 500 g/mol. The smallest absolute Gasteiger partial charge is 0.268 e. The summed E-state index contributed by atoms with van der Waals surface area (Å²) in [5, 5.41) is 9.25. The van der Waals surface area contributed by atoms with E-state index in [0.717, 1.165) is 22.1 Å². The molecule has 7 nitrogen and oxygen atoms in total. The highest BCUT2D eigenvalue weighted by Crippen LogP contribution is 2.41. The molecule has 0 bridgehead atoms. The number of nitrogens with zero attached hydrogens (tertiary/aromatic N) is 3. The predicted molar refractivity (Wildman–Crippen MR) is 145 cm³/mol. The minimum atomic E-state index is -3.88. The Morgan fingerprint density at radius 2 is 1.61 bits per heavy atom. The molecule has 0 aliphatic heterocycles. The van der Waals surface area contributed by atoms with Crippen LogP contribution in [0.15, 0.2) is 94.0 Å². The van der Waals surface area contributed by atoms with Crippen LogP contribution >= 0.6 is 0 Å². The van der Waals surface area contributed by atoms with E-state index in [4.69, 9.17) is 11.5 Å². The number of guanidine groups is 1. The molecule has 1 aliphatic rings. The van der Waals surface area contributed by atoms with Crippen LogP contribution in [0.4, 0.5) is 0 Å². The number of benzene rings is 3. The van der Waals surface area contributed by atoms with E-state index in [1.54, 1.807) is 24.3 Å². The predicted octanol–water partition coefficient (Wildman–Crippen LogP) is 4.71. The van der Waals surface area contributed by atoms with Gasteiger partial charge in [0.2, 0.25) is 5.96 Å². The van der Waals surface area contributed by atoms with Gasteiger partial charge in [0.05, 0.1) is 16.1 Å². The van der Waals surface area contributed by atoms with Crippen molar-refractivity contribution in [3.8, 4) is 0 Å². The van der Waals surface area contributed by atoms with Gasteiger partial charge in [0.1, 0.15) is 0 Å². The van der Waals surface area contributed by atoms with E-state index in [1.807, 2.05) is 36.4 Å². The van der Waals surface area contributed by atoms with Gasteiger partial charge in [-0.3, -0.25) is 0 Å². The molecule has 4 aromatic rings. The topological polar surface area (TPSA) is 116 Å². The maximum absolute atomic E-state index is 14.1. The molecule has 0 amide bonds. The molecule has 3 aromatic carbocycles. The molecule has 1 unspecified atom stereocenters. The van der Waals surface area contributed by atoms with E-state index < -0.39 is 10.0 Å². The van der Waals surface area contributed by atoms with Crippen LogP contribution in [0.1, 0.15) is 54.5 Å². The molecule has 4 N–H and O–H groups in total. The normalized spacial score (nSPS) is 16.9. The second-order valence-electron chi connectivity index (χ2n) is 9.42. The Hall–Kier alpha value is -3.91. The Morgan fingerprint density at radius 3 is 2.25 bits per heavy atom. The number of hydrogen-bond acceptors (Lipinski definition) is 4. The summed E-state index contributed by atoms with van der Waals surface area (Å²) in [6.07, 6.45) is 1.13. The molecule has 184 valence electrons. The van der Waals surface area contributed by atoms with Gasteiger partial charge in [0, 0.05) is 16.6 Å². The van der Waals surface area contributed by atoms with Crippen molar-refractivity contribution in [3.63, 3.8) is 0 Å². The van der Waals surface area contributed by atoms with Crippen LogP contribution in [0, 0.1) is 0 Å². The number of aromatic nitrogens is 1. The number of fused-ring (bicyclic) bond motifs is 3. The van der Waals surface area contributed by atoms with E-state index >= 15 is 0 Å². The van der Waals surface area contributed by atoms with E-state index in [-0.39, 0.29) is 22.7 Å². The molecule has 8 heteroatoms. The zero-order valence-electron chi connectivity index (χ0n) is 20.3. The first-order chi connectivity index (χ1) is 17.3. The van der Waals surface area contributed by atoms with Gasteiger partial charge in [-0.15, -0.1) is 5.10 Å². The highest BCUT2D eigenvalue weighted by molar-refractivity contribution is 7.90. The summed E-state index contributed by atoms with van der Waals surface area (Å²) in [7, 11) is -3.88. The SMILES string of the molecule is CC(C)c1ccc2c(c1)c1c(n2S(=O)(=O)c2ccccc2)CC(c2ccccc2)CC1=NN=C(N)N. The fraction of sp³-hybridized carbons (Fsp3) is 0.214. The Morgan fingerprint density at radius 1 is 0.944 bits per heavy atom. The fourth-order valence-electron chi connectivity index (χ4n) is 4.98. The van der Waals surface area contributed by atoms with Gasteiger partial charge < -0.3 is 11.5 Å². The van der Waals surface area contributed by atoms with E-state index in [1.165, 1.54) is 3.97 Å². The van der Waals surface area contributed by atoms with Gasteiger partial charge in [0.25, 0.3) is 10.0 Å². The summed E-state index contributed by atoms with van der Waals surface area (Å²) < 4.78 is 29.6. The van der Waals surface area contributed by atoms with Crippen molar-refractivity contribution in [2.75, 3.05) is 0 Å². The van der Waals surface area contributed by atoms with E-state index in [9.17, 15) is 8.42 Å². The van der Waals surface area contributed by atoms with Gasteiger partial charge in [-0.1, -0.05) is 68.4 Å². The zero-order chi connectivity index (χ0) is 25.4. The monoisotopic (exact) mass is 499 g/mol. The van der Waals surface area contributed by atoms with Crippen molar-refractivity contribution in [2.45, 2.75) is 43.4 Å². The summed E-state index contributed by atoms with van der Waals surface area (Å²) >= 11 is 0. The molecule has 0 fully saturated rings. The molecule has 0 saturated carbocycles. The van der Waals surface area contributed by atoms with Crippen LogP contribution in [-0.4, -0.2) is 24.1 Å². The maximum atomic E-state index is 14.1. The second kappa shape index (κ2) is 9.28. The third-order valence-corrected chi connectivity index (χ3v) is 8.48. The van der Waals surface area contributed by atoms with Crippen LogP contribution in [0.5, 0.6) is 0 Å². The Labute approximate surface area is 211 Å². The number of nitrogens with two attached hydrogens (primary N) is 2. The largest absolute Gasteiger partial charge is 0.369 e. The maximum Gasteiger partial charge on any atom is 0.268 e. The standard InChI is InChI=1S/C28H29N5O2S/c1-18(2)20-13-14-25-23(15-20)27-24(31-32-28(29)30)16-21(19-9-5-3-6-10-19)17-26(27)33(25)36(34,35)22-11-7-4-8-12-22/h3-15,18,21H,16-17H2,1-2H3,(H4,29,30,32). The molecule has 0 radical (unpaired) electrons. The van der Waals surface area contributed by atoms with Gasteiger partial charge in [0.15, 0.2) is 0 Å². The molecule has 1 atom stereocenters. The van der Waals surface area contributed by atoms with Crippen molar-refractivity contribution < 1.29 is 8.42 Å². The lowest BCUT2D eigenvalue weighted by Crippen LogP contribution is -2.25. The lowest BCUT2D eigenvalue weighted by Gasteiger charge is -2.25. The van der Waals surface area contributed by atoms with E-state index in [0.29, 0.717) is 29.8 Å². The van der Waals surface area contributed by atoms with E-state index in [2.05, 4.69) is 42.2 Å². The lowest BCUT2D eigenvalue weighted by atomic mass is 9.81. The van der Waals surface area contributed by atoms with Gasteiger partial charge in [-0.2, -0.15) is 5.10 Å². The Kier molecular flexibility index (Phi) is 6.14. The molecule has 0 saturated heterocycles. The summed E-state index contributed by atoms with van der Waals surface area (Å²) in [6.45, 7) is 4.23. The zero-order valence-corrected chi connectivity index (χ0v) is 21.1. The third-order valence-electron chi connectivity index (χ3n) is 6.72. The minimum absolute atomic E-state index is 0.0188. The van der Waals surface area contributed by atoms with Crippen molar-refractivity contribution in [3.05, 3.63) is 101 Å². The van der Waals surface area contributed by atoms with Gasteiger partial charge in [-0.25, -0.2) is 12.4 Å². The quantitative estimate of drug-likeness (QED) is 0.235. The first-order valence-corrected chi connectivity index (χ1v) is 13.4. The fourth-order valence-corrected chi connectivity index (χ4v) is 6.57. The van der Waals surface area contributed by atoms with Crippen LogP contribution in [0.25, 0.3) is 10.9 Å². The minimum Gasteiger partial charge on any atom is -0.369 e. The van der Waals surface area contributed by atoms with Crippen molar-refractivity contribution >= 4 is 32.6 Å². The molecule has 36 heavy (non-hydrogen) atoms. The van der Waals surface area contributed by atoms with Crippen LogP contribution in [0.2, 0.25) is 0 Å². The Bertz CT molecular complexity index is 1580. The highest BCUT2D eigenvalue weighted by atomic mass is 32.2. The average Bonchev–Trinajstić information content (AvgIpc) is 3.22. The van der Waals surface area contributed by atoms with Gasteiger partial charge in [-0.05, 0) is 60.1 Å². The lowest BCUT2D eigenvalue weighted by molar-refractivity contribution is 0.583. The molecular formula is C28H29N5O2S. The summed E-state index contributed by atoms with van der Waals surface area (Å²) in [5.74, 6) is 0.150. The van der Waals surface area contributed by atoms with Gasteiger partial charge >= 0.3 is 0 Å². The third kappa shape index (κ3) is 4.18. The molecule has 1 aromatic heterocycles. The second-order valence-corrected chi connectivity index (χ2v) is 11.2. The highest BCUT2D eigenvalue weighted by Gasteiger charge is 2.35. The number of hydrogen-bond donors (Lipinski definition) is 2. The number of rotatable bonds is 5. The molecule has 1 heterocycles. The van der Waals surface area contributed by atoms with Crippen LogP contribution < -0.4 is 11.5 Å². The van der Waals surface area contributed by atoms with Crippen molar-refractivity contribution in [1.82, 2.24) is 3.97 Å². The Balaban J connectivity index is 1.85. The molecule has 0 spiro atoms. The first kappa shape index (κ1) is 23.8. The molecule has 1 aliphatic carbocycles. The molecular weight excluding hydrogens is 470 g/mol.